The van der Waals surface area contributed by atoms with Crippen LogP contribution in [-0.4, -0.2) is 36.7 Å². The van der Waals surface area contributed by atoms with E-state index in [-0.39, 0.29) is 16.3 Å². The first-order chi connectivity index (χ1) is 12.7. The topological polar surface area (TPSA) is 82.3 Å². The highest BCUT2D eigenvalue weighted by molar-refractivity contribution is 9.10. The number of benzene rings is 1. The maximum atomic E-state index is 14.0. The van der Waals surface area contributed by atoms with Crippen LogP contribution < -0.4 is 5.32 Å². The largest absolute Gasteiger partial charge is 0.353 e. The second-order valence-electron chi connectivity index (χ2n) is 6.62. The molecule has 1 amide bonds. The number of hydrogen-bond acceptors (Lipinski definition) is 3. The average molecular weight is 458 g/mol. The van der Waals surface area contributed by atoms with E-state index in [9.17, 15) is 17.6 Å². The summed E-state index contributed by atoms with van der Waals surface area (Å²) >= 11 is 3.16. The highest BCUT2D eigenvalue weighted by atomic mass is 79.9. The van der Waals surface area contributed by atoms with Crippen molar-refractivity contribution in [2.24, 2.45) is 0 Å². The van der Waals surface area contributed by atoms with Crippen molar-refractivity contribution in [2.75, 3.05) is 18.4 Å². The number of carbonyl (C=O) groups excluding carboxylic acids is 1. The summed E-state index contributed by atoms with van der Waals surface area (Å²) in [5.74, 6) is -1.17. The van der Waals surface area contributed by atoms with Gasteiger partial charge in [-0.05, 0) is 50.5 Å². The number of rotatable bonds is 4. The molecule has 2 aromatic rings. The summed E-state index contributed by atoms with van der Waals surface area (Å²) in [6, 6.07) is 4.29. The van der Waals surface area contributed by atoms with Crippen molar-refractivity contribution in [3.8, 4) is 0 Å². The van der Waals surface area contributed by atoms with Crippen molar-refractivity contribution < 1.29 is 17.6 Å². The summed E-state index contributed by atoms with van der Waals surface area (Å²) in [5.41, 5.74) is 0.883. The number of halogens is 2. The van der Waals surface area contributed by atoms with E-state index in [1.165, 1.54) is 16.4 Å². The van der Waals surface area contributed by atoms with Crippen LogP contribution >= 0.6 is 15.9 Å². The smallest absolute Gasteiger partial charge is 0.272 e. The van der Waals surface area contributed by atoms with E-state index < -0.39 is 21.7 Å². The van der Waals surface area contributed by atoms with Crippen LogP contribution in [0.25, 0.3) is 0 Å². The van der Waals surface area contributed by atoms with Gasteiger partial charge in [0.1, 0.15) is 16.4 Å². The molecule has 1 aliphatic rings. The summed E-state index contributed by atoms with van der Waals surface area (Å²) in [6.45, 7) is 4.18. The Morgan fingerprint density at radius 1 is 1.22 bits per heavy atom. The van der Waals surface area contributed by atoms with E-state index >= 15 is 0 Å². The van der Waals surface area contributed by atoms with Crippen LogP contribution in [0.1, 0.15) is 41.0 Å². The molecule has 1 aromatic heterocycles. The van der Waals surface area contributed by atoms with Gasteiger partial charge in [-0.2, -0.15) is 4.31 Å². The van der Waals surface area contributed by atoms with Crippen LogP contribution in [0, 0.1) is 19.7 Å². The minimum absolute atomic E-state index is 0.0234. The first-order valence-corrected chi connectivity index (χ1v) is 10.9. The van der Waals surface area contributed by atoms with Gasteiger partial charge in [-0.15, -0.1) is 0 Å². The van der Waals surface area contributed by atoms with E-state index in [0.29, 0.717) is 28.8 Å². The number of nitrogens with one attached hydrogen (secondary N) is 2. The van der Waals surface area contributed by atoms with Gasteiger partial charge in [0.2, 0.25) is 10.0 Å². The summed E-state index contributed by atoms with van der Waals surface area (Å²) in [4.78, 5) is 15.6. The maximum absolute atomic E-state index is 14.0. The van der Waals surface area contributed by atoms with Crippen molar-refractivity contribution >= 4 is 37.5 Å². The van der Waals surface area contributed by atoms with Crippen LogP contribution in [-0.2, 0) is 10.0 Å². The zero-order valence-corrected chi connectivity index (χ0v) is 17.5. The molecule has 0 atom stereocenters. The Morgan fingerprint density at radius 3 is 2.52 bits per heavy atom. The highest BCUT2D eigenvalue weighted by Gasteiger charge is 2.32. The molecule has 1 saturated heterocycles. The number of nitrogens with zero attached hydrogens (tertiary/aromatic N) is 1. The highest BCUT2D eigenvalue weighted by Crippen LogP contribution is 2.29. The fourth-order valence-electron chi connectivity index (χ4n) is 3.36. The number of H-pyrrole nitrogens is 1. The predicted octanol–water partition coefficient (Wildman–Crippen LogP) is 3.96. The molecule has 3 rings (SSSR count). The quantitative estimate of drug-likeness (QED) is 0.728. The van der Waals surface area contributed by atoms with E-state index in [1.54, 1.807) is 19.9 Å². The number of hydrogen-bond donors (Lipinski definition) is 2. The number of carbonyl (C=O) groups is 1. The third-order valence-corrected chi connectivity index (χ3v) is 7.35. The van der Waals surface area contributed by atoms with E-state index in [1.807, 2.05) is 0 Å². The van der Waals surface area contributed by atoms with E-state index in [0.717, 1.165) is 19.3 Å². The van der Waals surface area contributed by atoms with Crippen molar-refractivity contribution in [2.45, 2.75) is 38.0 Å². The fraction of sp³-hybridized carbons (Fsp3) is 0.389. The molecule has 0 aliphatic carbocycles. The molecule has 1 aliphatic heterocycles. The normalized spacial score (nSPS) is 15.7. The molecule has 1 fully saturated rings. The summed E-state index contributed by atoms with van der Waals surface area (Å²) in [6.07, 6.45) is 2.68. The van der Waals surface area contributed by atoms with Crippen LogP contribution in [0.5, 0.6) is 0 Å². The van der Waals surface area contributed by atoms with E-state index in [4.69, 9.17) is 0 Å². The molecule has 1 aromatic carbocycles. The molecule has 0 unspecified atom stereocenters. The third-order valence-electron chi connectivity index (χ3n) is 4.69. The molecule has 0 spiro atoms. The van der Waals surface area contributed by atoms with Gasteiger partial charge >= 0.3 is 0 Å². The van der Waals surface area contributed by atoms with Gasteiger partial charge in [-0.25, -0.2) is 12.8 Å². The monoisotopic (exact) mass is 457 g/mol. The Balaban J connectivity index is 1.92. The van der Waals surface area contributed by atoms with Gasteiger partial charge in [0.15, 0.2) is 0 Å². The van der Waals surface area contributed by atoms with Crippen LogP contribution in [0.2, 0.25) is 0 Å². The number of sulfonamides is 1. The van der Waals surface area contributed by atoms with Crippen LogP contribution in [0.4, 0.5) is 10.1 Å². The molecular formula is C18H21BrFN3O3S. The lowest BCUT2D eigenvalue weighted by Crippen LogP contribution is -2.36. The van der Waals surface area contributed by atoms with Crippen molar-refractivity contribution in [1.82, 2.24) is 9.29 Å². The zero-order valence-electron chi connectivity index (χ0n) is 15.1. The molecule has 0 saturated carbocycles. The summed E-state index contributed by atoms with van der Waals surface area (Å²) in [7, 11) is -3.68. The Hall–Kier alpha value is -1.71. The lowest BCUT2D eigenvalue weighted by Gasteiger charge is -2.26. The number of piperidine rings is 1. The van der Waals surface area contributed by atoms with Gasteiger partial charge < -0.3 is 10.3 Å². The van der Waals surface area contributed by atoms with Gasteiger partial charge in [-0.3, -0.25) is 4.79 Å². The van der Waals surface area contributed by atoms with Crippen LogP contribution in [0.3, 0.4) is 0 Å². The SMILES string of the molecule is Cc1[nH]c(C(=O)Nc2ccc(Br)cc2F)c(C)c1S(=O)(=O)N1CCCCC1. The molecule has 27 heavy (non-hydrogen) atoms. The molecule has 6 nitrogen and oxygen atoms in total. The number of aryl methyl sites for hydroxylation is 1. The van der Waals surface area contributed by atoms with Gasteiger partial charge in [-0.1, -0.05) is 22.4 Å². The molecule has 146 valence electrons. The zero-order chi connectivity index (χ0) is 19.8. The molecule has 0 bridgehead atoms. The second kappa shape index (κ2) is 7.73. The van der Waals surface area contributed by atoms with Gasteiger partial charge in [0, 0.05) is 23.3 Å². The maximum Gasteiger partial charge on any atom is 0.272 e. The number of anilines is 1. The molecule has 2 heterocycles. The number of aromatic amines is 1. The third kappa shape index (κ3) is 3.95. The number of amides is 1. The Morgan fingerprint density at radius 2 is 1.89 bits per heavy atom. The second-order valence-corrected chi connectivity index (χ2v) is 9.41. The molecular weight excluding hydrogens is 437 g/mol. The summed E-state index contributed by atoms with van der Waals surface area (Å²) in [5, 5.41) is 2.49. The predicted molar refractivity (Wildman–Crippen MR) is 105 cm³/mol. The molecule has 9 heteroatoms. The molecule has 2 N–H and O–H groups in total. The fourth-order valence-corrected chi connectivity index (χ4v) is 5.61. The minimum Gasteiger partial charge on any atom is -0.353 e. The van der Waals surface area contributed by atoms with Crippen molar-refractivity contribution in [3.05, 3.63) is 45.4 Å². The average Bonchev–Trinajstić information content (AvgIpc) is 2.93. The van der Waals surface area contributed by atoms with Crippen molar-refractivity contribution in [3.63, 3.8) is 0 Å². The summed E-state index contributed by atoms with van der Waals surface area (Å²) < 4.78 is 42.1. The first-order valence-electron chi connectivity index (χ1n) is 8.67. The minimum atomic E-state index is -3.68. The van der Waals surface area contributed by atoms with E-state index in [2.05, 4.69) is 26.2 Å². The van der Waals surface area contributed by atoms with Crippen molar-refractivity contribution in [1.29, 1.82) is 0 Å². The Kier molecular flexibility index (Phi) is 5.73. The van der Waals surface area contributed by atoms with Gasteiger partial charge in [0.25, 0.3) is 5.91 Å². The number of aromatic nitrogens is 1. The Labute approximate surface area is 166 Å². The Bertz CT molecular complexity index is 982. The lowest BCUT2D eigenvalue weighted by molar-refractivity contribution is 0.102. The van der Waals surface area contributed by atoms with Crippen LogP contribution in [0.15, 0.2) is 27.6 Å². The molecule has 0 radical (unpaired) electrons. The van der Waals surface area contributed by atoms with Gasteiger partial charge in [0.05, 0.1) is 5.69 Å². The standard InChI is InChI=1S/C18H21BrFN3O3S/c1-11-16(18(24)22-15-7-6-13(19)10-14(15)20)21-12(2)17(11)27(25,26)23-8-4-3-5-9-23/h6-7,10,21H,3-5,8-9H2,1-2H3,(H,22,24). The first kappa shape index (κ1) is 20.0. The lowest BCUT2D eigenvalue weighted by atomic mass is 10.2.